The molecular weight excluding hydrogens is 441 g/mol. The van der Waals surface area contributed by atoms with Gasteiger partial charge in [-0.15, -0.1) is 0 Å². The van der Waals surface area contributed by atoms with Crippen LogP contribution in [0.1, 0.15) is 48.4 Å². The molecule has 3 aromatic carbocycles. The second kappa shape index (κ2) is 10.4. The number of carboxylic acids is 1. The lowest BCUT2D eigenvalue weighted by molar-refractivity contribution is -0.139. The van der Waals surface area contributed by atoms with Gasteiger partial charge in [0.2, 0.25) is 0 Å². The van der Waals surface area contributed by atoms with Crippen LogP contribution in [0.2, 0.25) is 0 Å². The molecule has 0 aromatic heterocycles. The minimum atomic E-state index is -4.43. The number of halogens is 3. The van der Waals surface area contributed by atoms with Crippen molar-refractivity contribution >= 4 is 11.7 Å². The molecule has 0 saturated heterocycles. The number of anilines is 1. The Bertz CT molecular complexity index is 1180. The van der Waals surface area contributed by atoms with Gasteiger partial charge >= 0.3 is 12.1 Å². The minimum absolute atomic E-state index is 0.144. The van der Waals surface area contributed by atoms with Gasteiger partial charge in [-0.3, -0.25) is 4.79 Å². The maximum absolute atomic E-state index is 13.0. The molecule has 0 aliphatic rings. The summed E-state index contributed by atoms with van der Waals surface area (Å²) < 4.78 is 38.9. The predicted molar refractivity (Wildman–Crippen MR) is 125 cm³/mol. The summed E-state index contributed by atoms with van der Waals surface area (Å²) in [6.07, 6.45) is -4.00. The SMILES string of the molecule is CC(C)C[C@@H](C(=O)O)c1cc(NCc2ccc(C#N)cc2)cc(-c2ccc(C(F)(F)F)cc2)c1. The first-order valence-electron chi connectivity index (χ1n) is 10.8. The fourth-order valence-corrected chi connectivity index (χ4v) is 3.73. The van der Waals surface area contributed by atoms with E-state index in [4.69, 9.17) is 5.26 Å². The van der Waals surface area contributed by atoms with Crippen LogP contribution < -0.4 is 5.32 Å². The molecule has 0 spiro atoms. The topological polar surface area (TPSA) is 73.1 Å². The van der Waals surface area contributed by atoms with Gasteiger partial charge in [-0.25, -0.2) is 0 Å². The zero-order valence-corrected chi connectivity index (χ0v) is 18.9. The zero-order valence-electron chi connectivity index (χ0n) is 18.9. The molecule has 0 unspecified atom stereocenters. The lowest BCUT2D eigenvalue weighted by Crippen LogP contribution is -2.14. The van der Waals surface area contributed by atoms with Crippen molar-refractivity contribution in [2.24, 2.45) is 5.92 Å². The van der Waals surface area contributed by atoms with Gasteiger partial charge in [0.15, 0.2) is 0 Å². The molecule has 0 amide bonds. The molecule has 0 saturated carbocycles. The van der Waals surface area contributed by atoms with Gasteiger partial charge in [-0.1, -0.05) is 44.2 Å². The van der Waals surface area contributed by atoms with E-state index in [1.807, 2.05) is 26.0 Å². The van der Waals surface area contributed by atoms with E-state index < -0.39 is 23.6 Å². The standard InChI is InChI=1S/C27H25F3N2O2/c1-17(2)11-25(26(33)34)22-12-21(20-7-9-23(10-8-20)27(28,29)30)13-24(14-22)32-16-19-5-3-18(15-31)4-6-19/h3-10,12-14,17,25,32H,11,16H2,1-2H3,(H,33,34)/t25-/m1/s1. The highest BCUT2D eigenvalue weighted by atomic mass is 19.4. The van der Waals surface area contributed by atoms with Crippen LogP contribution in [0.25, 0.3) is 11.1 Å². The largest absolute Gasteiger partial charge is 0.481 e. The van der Waals surface area contributed by atoms with Gasteiger partial charge in [0, 0.05) is 12.2 Å². The number of nitriles is 1. The molecule has 0 radical (unpaired) electrons. The maximum atomic E-state index is 13.0. The molecule has 7 heteroatoms. The molecule has 0 aliphatic carbocycles. The number of alkyl halides is 3. The average molecular weight is 467 g/mol. The summed E-state index contributed by atoms with van der Waals surface area (Å²) >= 11 is 0. The minimum Gasteiger partial charge on any atom is -0.481 e. The van der Waals surface area contributed by atoms with Gasteiger partial charge in [0.25, 0.3) is 0 Å². The van der Waals surface area contributed by atoms with Gasteiger partial charge in [0.1, 0.15) is 0 Å². The highest BCUT2D eigenvalue weighted by Gasteiger charge is 2.30. The highest BCUT2D eigenvalue weighted by molar-refractivity contribution is 5.79. The predicted octanol–water partition coefficient (Wildman–Crippen LogP) is 7.07. The summed E-state index contributed by atoms with van der Waals surface area (Å²) in [5.41, 5.74) is 3.17. The monoisotopic (exact) mass is 466 g/mol. The van der Waals surface area contributed by atoms with Crippen molar-refractivity contribution in [1.82, 2.24) is 0 Å². The van der Waals surface area contributed by atoms with Crippen molar-refractivity contribution in [2.75, 3.05) is 5.32 Å². The third-order valence-corrected chi connectivity index (χ3v) is 5.49. The van der Waals surface area contributed by atoms with E-state index in [0.29, 0.717) is 40.9 Å². The van der Waals surface area contributed by atoms with E-state index in [1.54, 1.807) is 30.3 Å². The van der Waals surface area contributed by atoms with Crippen molar-refractivity contribution in [1.29, 1.82) is 5.26 Å². The van der Waals surface area contributed by atoms with Crippen molar-refractivity contribution < 1.29 is 23.1 Å². The van der Waals surface area contributed by atoms with Crippen LogP contribution in [0.4, 0.5) is 18.9 Å². The molecule has 0 bridgehead atoms. The number of aliphatic carboxylic acids is 1. The zero-order chi connectivity index (χ0) is 24.9. The number of rotatable bonds is 8. The van der Waals surface area contributed by atoms with Crippen LogP contribution in [0.3, 0.4) is 0 Å². The number of hydrogen-bond donors (Lipinski definition) is 2. The molecule has 0 fully saturated rings. The molecule has 0 heterocycles. The van der Waals surface area contributed by atoms with Crippen LogP contribution in [-0.4, -0.2) is 11.1 Å². The van der Waals surface area contributed by atoms with Crippen molar-refractivity contribution in [3.63, 3.8) is 0 Å². The second-order valence-electron chi connectivity index (χ2n) is 8.60. The Balaban J connectivity index is 1.98. The summed E-state index contributed by atoms with van der Waals surface area (Å²) in [7, 11) is 0. The Labute approximate surface area is 196 Å². The van der Waals surface area contributed by atoms with E-state index in [2.05, 4.69) is 11.4 Å². The molecule has 3 rings (SSSR count). The van der Waals surface area contributed by atoms with Crippen LogP contribution in [0.15, 0.2) is 66.7 Å². The van der Waals surface area contributed by atoms with Crippen LogP contribution >= 0.6 is 0 Å². The van der Waals surface area contributed by atoms with Gasteiger partial charge in [-0.05, 0) is 71.0 Å². The fourth-order valence-electron chi connectivity index (χ4n) is 3.73. The number of carboxylic acid groups (broad SMARTS) is 1. The van der Waals surface area contributed by atoms with Crippen molar-refractivity contribution in [3.8, 4) is 17.2 Å². The number of nitrogens with one attached hydrogen (secondary N) is 1. The van der Waals surface area contributed by atoms with Crippen LogP contribution in [0, 0.1) is 17.2 Å². The Morgan fingerprint density at radius 2 is 1.65 bits per heavy atom. The molecule has 2 N–H and O–H groups in total. The normalized spacial score (nSPS) is 12.3. The van der Waals surface area contributed by atoms with Gasteiger partial charge < -0.3 is 10.4 Å². The third kappa shape index (κ3) is 6.38. The smallest absolute Gasteiger partial charge is 0.416 e. The number of carbonyl (C=O) groups is 1. The summed E-state index contributed by atoms with van der Waals surface area (Å²) in [4.78, 5) is 12.0. The summed E-state index contributed by atoms with van der Waals surface area (Å²) in [5.74, 6) is -1.55. The van der Waals surface area contributed by atoms with E-state index >= 15 is 0 Å². The van der Waals surface area contributed by atoms with E-state index in [9.17, 15) is 23.1 Å². The molecule has 4 nitrogen and oxygen atoms in total. The molecule has 3 aromatic rings. The Morgan fingerprint density at radius 3 is 2.18 bits per heavy atom. The van der Waals surface area contributed by atoms with Crippen molar-refractivity contribution in [3.05, 3.63) is 89.0 Å². The Kier molecular flexibility index (Phi) is 7.62. The number of nitrogens with zero attached hydrogens (tertiary/aromatic N) is 1. The molecule has 176 valence electrons. The van der Waals surface area contributed by atoms with Gasteiger partial charge in [0.05, 0.1) is 23.1 Å². The first kappa shape index (κ1) is 24.8. The van der Waals surface area contributed by atoms with Crippen molar-refractivity contribution in [2.45, 2.75) is 38.9 Å². The number of benzene rings is 3. The highest BCUT2D eigenvalue weighted by Crippen LogP contribution is 2.34. The molecule has 1 atom stereocenters. The maximum Gasteiger partial charge on any atom is 0.416 e. The van der Waals surface area contributed by atoms with E-state index in [1.165, 1.54) is 12.1 Å². The fraction of sp³-hybridized carbons (Fsp3) is 0.259. The van der Waals surface area contributed by atoms with Crippen LogP contribution in [0.5, 0.6) is 0 Å². The number of hydrogen-bond acceptors (Lipinski definition) is 3. The van der Waals surface area contributed by atoms with E-state index in [0.717, 1.165) is 17.7 Å². The van der Waals surface area contributed by atoms with Crippen LogP contribution in [-0.2, 0) is 17.5 Å². The summed E-state index contributed by atoms with van der Waals surface area (Å²) in [6.45, 7) is 4.32. The molecular formula is C27H25F3N2O2. The summed E-state index contributed by atoms with van der Waals surface area (Å²) in [5, 5.41) is 22.1. The lowest BCUT2D eigenvalue weighted by Gasteiger charge is -2.19. The third-order valence-electron chi connectivity index (χ3n) is 5.49. The molecule has 0 aliphatic heterocycles. The Hall–Kier alpha value is -3.79. The summed E-state index contributed by atoms with van der Waals surface area (Å²) in [6, 6.07) is 19.3. The first-order valence-corrected chi connectivity index (χ1v) is 10.8. The first-order chi connectivity index (χ1) is 16.1. The van der Waals surface area contributed by atoms with E-state index in [-0.39, 0.29) is 5.92 Å². The lowest BCUT2D eigenvalue weighted by atomic mass is 9.88. The van der Waals surface area contributed by atoms with Gasteiger partial charge in [-0.2, -0.15) is 18.4 Å². The Morgan fingerprint density at radius 1 is 1.00 bits per heavy atom. The second-order valence-corrected chi connectivity index (χ2v) is 8.60. The average Bonchev–Trinajstić information content (AvgIpc) is 2.80. The quantitative estimate of drug-likeness (QED) is 0.372. The molecule has 34 heavy (non-hydrogen) atoms.